The SMILES string of the molecule is C=CN(CC=O)C(=CO)C(=N)N(C)C=O. The number of aldehydes is 1. The first-order chi connectivity index (χ1) is 7.12. The maximum absolute atomic E-state index is 10.4. The van der Waals surface area contributed by atoms with Crippen molar-refractivity contribution >= 4 is 18.5 Å². The van der Waals surface area contributed by atoms with Gasteiger partial charge < -0.3 is 19.7 Å². The fourth-order valence-corrected chi connectivity index (χ4v) is 0.856. The van der Waals surface area contributed by atoms with Gasteiger partial charge in [-0.2, -0.15) is 0 Å². The molecule has 82 valence electrons. The molecular weight excluding hydrogens is 198 g/mol. The average Bonchev–Trinajstić information content (AvgIpc) is 2.27. The van der Waals surface area contributed by atoms with Gasteiger partial charge in [-0.1, -0.05) is 6.58 Å². The quantitative estimate of drug-likeness (QED) is 0.282. The fourth-order valence-electron chi connectivity index (χ4n) is 0.856. The maximum Gasteiger partial charge on any atom is 0.215 e. The lowest BCUT2D eigenvalue weighted by molar-refractivity contribution is -0.114. The van der Waals surface area contributed by atoms with E-state index in [1.54, 1.807) is 0 Å². The molecule has 0 atom stereocenters. The van der Waals surface area contributed by atoms with Crippen LogP contribution in [0.15, 0.2) is 24.7 Å². The maximum atomic E-state index is 10.4. The van der Waals surface area contributed by atoms with E-state index in [0.29, 0.717) is 19.0 Å². The van der Waals surface area contributed by atoms with Crippen molar-refractivity contribution in [1.82, 2.24) is 9.80 Å². The summed E-state index contributed by atoms with van der Waals surface area (Å²) >= 11 is 0. The number of likely N-dealkylation sites (N-methyl/N-ethyl adjacent to an activating group) is 1. The van der Waals surface area contributed by atoms with Crippen LogP contribution in [0, 0.1) is 5.41 Å². The van der Waals surface area contributed by atoms with Crippen LogP contribution in [0.2, 0.25) is 0 Å². The zero-order chi connectivity index (χ0) is 11.8. The second kappa shape index (κ2) is 6.36. The van der Waals surface area contributed by atoms with Crippen LogP contribution in [0.25, 0.3) is 0 Å². The first-order valence-electron chi connectivity index (χ1n) is 4.06. The van der Waals surface area contributed by atoms with Crippen LogP contribution in [0.1, 0.15) is 0 Å². The van der Waals surface area contributed by atoms with Gasteiger partial charge in [0, 0.05) is 7.05 Å². The smallest absolute Gasteiger partial charge is 0.215 e. The molecule has 2 N–H and O–H groups in total. The highest BCUT2D eigenvalue weighted by Gasteiger charge is 2.15. The van der Waals surface area contributed by atoms with Gasteiger partial charge in [0.2, 0.25) is 6.41 Å². The predicted octanol–water partition coefficient (Wildman–Crippen LogP) is 0.0957. The Bertz CT molecular complexity index is 299. The standard InChI is InChI=1S/C9H13N3O3/c1-3-12(4-5-13)8(6-14)9(10)11(2)7-15/h3,5-7,10,14H,1,4H2,2H3. The van der Waals surface area contributed by atoms with Crippen molar-refractivity contribution in [2.45, 2.75) is 0 Å². The van der Waals surface area contributed by atoms with Gasteiger partial charge in [0.25, 0.3) is 0 Å². The van der Waals surface area contributed by atoms with Gasteiger partial charge >= 0.3 is 0 Å². The number of nitrogens with zero attached hydrogens (tertiary/aromatic N) is 2. The molecule has 0 unspecified atom stereocenters. The van der Waals surface area contributed by atoms with E-state index in [1.165, 1.54) is 18.1 Å². The summed E-state index contributed by atoms with van der Waals surface area (Å²) in [7, 11) is 1.36. The largest absolute Gasteiger partial charge is 0.513 e. The molecule has 0 aromatic rings. The molecule has 6 nitrogen and oxygen atoms in total. The number of nitrogens with one attached hydrogen (secondary N) is 1. The topological polar surface area (TPSA) is 84.7 Å². The molecule has 0 rings (SSSR count). The van der Waals surface area contributed by atoms with Crippen molar-refractivity contribution in [3.8, 4) is 0 Å². The van der Waals surface area contributed by atoms with Crippen molar-refractivity contribution in [3.63, 3.8) is 0 Å². The lowest BCUT2D eigenvalue weighted by Crippen LogP contribution is -2.33. The van der Waals surface area contributed by atoms with Crippen molar-refractivity contribution in [3.05, 3.63) is 24.7 Å². The molecule has 0 aromatic carbocycles. The Morgan fingerprint density at radius 2 is 2.13 bits per heavy atom. The van der Waals surface area contributed by atoms with Crippen LogP contribution in [0.5, 0.6) is 0 Å². The van der Waals surface area contributed by atoms with Crippen LogP contribution in [-0.4, -0.2) is 47.0 Å². The minimum Gasteiger partial charge on any atom is -0.513 e. The van der Waals surface area contributed by atoms with E-state index in [4.69, 9.17) is 10.5 Å². The number of carbonyl (C=O) groups excluding carboxylic acids is 2. The van der Waals surface area contributed by atoms with Crippen LogP contribution in [0.4, 0.5) is 0 Å². The van der Waals surface area contributed by atoms with E-state index in [2.05, 4.69) is 6.58 Å². The molecule has 0 saturated heterocycles. The Morgan fingerprint density at radius 1 is 1.53 bits per heavy atom. The highest BCUT2D eigenvalue weighted by atomic mass is 16.2. The summed E-state index contributed by atoms with van der Waals surface area (Å²) in [4.78, 5) is 22.9. The number of amides is 1. The predicted molar refractivity (Wildman–Crippen MR) is 55.2 cm³/mol. The summed E-state index contributed by atoms with van der Waals surface area (Å²) < 4.78 is 0. The normalized spacial score (nSPS) is 10.3. The molecule has 1 amide bonds. The van der Waals surface area contributed by atoms with Crippen molar-refractivity contribution < 1.29 is 14.7 Å². The third kappa shape index (κ3) is 3.26. The average molecular weight is 211 g/mol. The zero-order valence-corrected chi connectivity index (χ0v) is 8.38. The molecule has 6 heteroatoms. The number of rotatable bonds is 6. The summed E-state index contributed by atoms with van der Waals surface area (Å²) in [5.74, 6) is -0.228. The van der Waals surface area contributed by atoms with E-state index in [-0.39, 0.29) is 18.1 Å². The third-order valence-corrected chi connectivity index (χ3v) is 1.68. The molecule has 0 aliphatic heterocycles. The van der Waals surface area contributed by atoms with Crippen LogP contribution in [-0.2, 0) is 9.59 Å². The summed E-state index contributed by atoms with van der Waals surface area (Å²) in [6, 6.07) is 0. The molecule has 0 fully saturated rings. The Morgan fingerprint density at radius 3 is 2.47 bits per heavy atom. The van der Waals surface area contributed by atoms with Crippen molar-refractivity contribution in [2.24, 2.45) is 0 Å². The lowest BCUT2D eigenvalue weighted by Gasteiger charge is -2.23. The Kier molecular flexibility index (Phi) is 5.47. The number of carbonyl (C=O) groups is 2. The first kappa shape index (κ1) is 12.9. The summed E-state index contributed by atoms with van der Waals surface area (Å²) in [5, 5.41) is 16.4. The molecule has 0 saturated carbocycles. The number of hydrogen-bond donors (Lipinski definition) is 2. The molecule has 15 heavy (non-hydrogen) atoms. The monoisotopic (exact) mass is 211 g/mol. The molecule has 0 aromatic heterocycles. The Hall–Kier alpha value is -2.11. The fraction of sp³-hybridized carbons (Fsp3) is 0.222. The van der Waals surface area contributed by atoms with Gasteiger partial charge in [-0.3, -0.25) is 10.2 Å². The number of aliphatic hydroxyl groups is 1. The van der Waals surface area contributed by atoms with Gasteiger partial charge in [-0.05, 0) is 6.20 Å². The first-order valence-corrected chi connectivity index (χ1v) is 4.06. The van der Waals surface area contributed by atoms with Crippen molar-refractivity contribution in [2.75, 3.05) is 13.6 Å². The molecule has 0 aliphatic carbocycles. The van der Waals surface area contributed by atoms with Gasteiger partial charge in [0.15, 0.2) is 5.84 Å². The van der Waals surface area contributed by atoms with E-state index in [0.717, 1.165) is 4.90 Å². The van der Waals surface area contributed by atoms with Gasteiger partial charge in [-0.15, -0.1) is 0 Å². The van der Waals surface area contributed by atoms with Gasteiger partial charge in [0.1, 0.15) is 18.2 Å². The third-order valence-electron chi connectivity index (χ3n) is 1.68. The molecule has 0 aliphatic rings. The number of aliphatic hydroxyl groups excluding tert-OH is 1. The van der Waals surface area contributed by atoms with Gasteiger partial charge in [-0.25, -0.2) is 0 Å². The molecule has 0 spiro atoms. The summed E-state index contributed by atoms with van der Waals surface area (Å²) in [5.41, 5.74) is 0.0201. The van der Waals surface area contributed by atoms with Crippen molar-refractivity contribution in [1.29, 1.82) is 5.41 Å². The van der Waals surface area contributed by atoms with E-state index >= 15 is 0 Å². The van der Waals surface area contributed by atoms with Gasteiger partial charge in [0.05, 0.1) is 6.54 Å². The van der Waals surface area contributed by atoms with Crippen LogP contribution >= 0.6 is 0 Å². The van der Waals surface area contributed by atoms with E-state index < -0.39 is 0 Å². The lowest BCUT2D eigenvalue weighted by atomic mass is 10.3. The molecule has 0 bridgehead atoms. The van der Waals surface area contributed by atoms with Crippen LogP contribution < -0.4 is 0 Å². The minimum absolute atomic E-state index is 0.0201. The summed E-state index contributed by atoms with van der Waals surface area (Å²) in [6.45, 7) is 3.38. The highest BCUT2D eigenvalue weighted by Crippen LogP contribution is 2.06. The number of hydrogen-bond acceptors (Lipinski definition) is 5. The Balaban J connectivity index is 4.89. The highest BCUT2D eigenvalue weighted by molar-refractivity contribution is 6.00. The number of amidine groups is 1. The molecule has 0 heterocycles. The van der Waals surface area contributed by atoms with Crippen LogP contribution in [0.3, 0.4) is 0 Å². The summed E-state index contributed by atoms with van der Waals surface area (Å²) in [6.07, 6.45) is 2.95. The zero-order valence-electron chi connectivity index (χ0n) is 8.38. The molecule has 0 radical (unpaired) electrons. The Labute approximate surface area is 87.6 Å². The van der Waals surface area contributed by atoms with E-state index in [9.17, 15) is 9.59 Å². The molecular formula is C9H13N3O3. The second-order valence-corrected chi connectivity index (χ2v) is 2.58. The minimum atomic E-state index is -0.228. The van der Waals surface area contributed by atoms with E-state index in [1.807, 2.05) is 0 Å². The second-order valence-electron chi connectivity index (χ2n) is 2.58.